The number of nitrogens with one attached hydrogen (secondary N) is 2. The van der Waals surface area contributed by atoms with E-state index in [-0.39, 0.29) is 6.03 Å². The summed E-state index contributed by atoms with van der Waals surface area (Å²) < 4.78 is 32.4. The van der Waals surface area contributed by atoms with Gasteiger partial charge in [0.15, 0.2) is 0 Å². The molecule has 0 aliphatic carbocycles. The highest BCUT2D eigenvalue weighted by Crippen LogP contribution is 2.29. The largest absolute Gasteiger partial charge is 0.483 e. The van der Waals surface area contributed by atoms with Gasteiger partial charge in [-0.2, -0.15) is 0 Å². The number of carbonyl (C=O) groups excluding carboxylic acids is 2. The minimum absolute atomic E-state index is 0.304. The summed E-state index contributed by atoms with van der Waals surface area (Å²) in [6.07, 6.45) is -1.71. The molecular weight excluding hydrogens is 496 g/mol. The van der Waals surface area contributed by atoms with Crippen LogP contribution < -0.4 is 15.4 Å². The molecule has 0 saturated carbocycles. The summed E-state index contributed by atoms with van der Waals surface area (Å²) in [5.74, 6) is 1.62. The van der Waals surface area contributed by atoms with E-state index in [2.05, 4.69) is 27.7 Å². The zero-order valence-electron chi connectivity index (χ0n) is 21.7. The molecular formula is C27H33F2N5O4. The average Bonchev–Trinajstić information content (AvgIpc) is 3.44. The van der Waals surface area contributed by atoms with E-state index in [4.69, 9.17) is 14.3 Å². The smallest absolute Gasteiger partial charge is 0.476 e. The van der Waals surface area contributed by atoms with Gasteiger partial charge in [-0.1, -0.05) is 42.5 Å². The molecule has 2 N–H and O–H groups in total. The van der Waals surface area contributed by atoms with Gasteiger partial charge in [0.05, 0.1) is 24.5 Å². The lowest BCUT2D eigenvalue weighted by Gasteiger charge is -2.12. The number of methoxy groups -OCH3 is 1. The predicted octanol–water partition coefficient (Wildman–Crippen LogP) is 5.02. The molecule has 11 heteroatoms. The molecule has 38 heavy (non-hydrogen) atoms. The van der Waals surface area contributed by atoms with Crippen LogP contribution in [0, 0.1) is 12.8 Å². The molecule has 4 rings (SSSR count). The SMILES string of the molecule is COCc1cccc(CNC(=O)Nc2c(C)c(OCC3CCN(C)C3)nn2-c2ccccc2)c1.O=C(F)F. The molecule has 1 aromatic heterocycles. The number of anilines is 1. The van der Waals surface area contributed by atoms with Gasteiger partial charge in [-0.05, 0) is 50.2 Å². The van der Waals surface area contributed by atoms with Crippen molar-refractivity contribution in [3.63, 3.8) is 0 Å². The molecule has 204 valence electrons. The highest BCUT2D eigenvalue weighted by molar-refractivity contribution is 5.89. The number of urea groups is 1. The zero-order valence-corrected chi connectivity index (χ0v) is 21.7. The lowest BCUT2D eigenvalue weighted by atomic mass is 10.1. The fourth-order valence-corrected chi connectivity index (χ4v) is 4.21. The number of likely N-dealkylation sites (tertiary alicyclic amines) is 1. The van der Waals surface area contributed by atoms with Crippen molar-refractivity contribution in [3.05, 3.63) is 71.3 Å². The molecule has 0 bridgehead atoms. The minimum atomic E-state index is -2.83. The number of amides is 2. The number of rotatable bonds is 9. The Labute approximate surface area is 220 Å². The summed E-state index contributed by atoms with van der Waals surface area (Å²) in [5.41, 5.74) is 3.72. The molecule has 0 radical (unpaired) electrons. The number of hydrogen-bond acceptors (Lipinski definition) is 6. The predicted molar refractivity (Wildman–Crippen MR) is 140 cm³/mol. The number of hydrogen-bond donors (Lipinski definition) is 2. The van der Waals surface area contributed by atoms with Crippen molar-refractivity contribution in [2.75, 3.05) is 39.2 Å². The van der Waals surface area contributed by atoms with Crippen molar-refractivity contribution in [3.8, 4) is 11.6 Å². The van der Waals surface area contributed by atoms with Crippen LogP contribution in [0.25, 0.3) is 5.69 Å². The van der Waals surface area contributed by atoms with Crippen LogP contribution in [0.3, 0.4) is 0 Å². The number of carbonyl (C=O) groups is 2. The fourth-order valence-electron chi connectivity index (χ4n) is 4.21. The first-order chi connectivity index (χ1) is 18.3. The van der Waals surface area contributed by atoms with Crippen molar-refractivity contribution in [1.82, 2.24) is 20.0 Å². The van der Waals surface area contributed by atoms with Crippen LogP contribution >= 0.6 is 0 Å². The second-order valence-corrected chi connectivity index (χ2v) is 9.04. The van der Waals surface area contributed by atoms with Gasteiger partial charge in [-0.15, -0.1) is 13.9 Å². The highest BCUT2D eigenvalue weighted by atomic mass is 19.3. The first kappa shape index (κ1) is 28.7. The van der Waals surface area contributed by atoms with Crippen LogP contribution in [0.5, 0.6) is 5.88 Å². The van der Waals surface area contributed by atoms with Crippen LogP contribution in [-0.4, -0.2) is 60.9 Å². The zero-order chi connectivity index (χ0) is 27.5. The van der Waals surface area contributed by atoms with Crippen LogP contribution in [-0.2, 0) is 17.9 Å². The third-order valence-corrected chi connectivity index (χ3v) is 6.01. The molecule has 2 heterocycles. The lowest BCUT2D eigenvalue weighted by Crippen LogP contribution is -2.29. The van der Waals surface area contributed by atoms with Crippen LogP contribution in [0.1, 0.15) is 23.1 Å². The van der Waals surface area contributed by atoms with Crippen molar-refractivity contribution in [2.24, 2.45) is 5.92 Å². The number of aromatic nitrogens is 2. The second-order valence-electron chi connectivity index (χ2n) is 9.04. The van der Waals surface area contributed by atoms with E-state index in [1.165, 1.54) is 0 Å². The van der Waals surface area contributed by atoms with E-state index < -0.39 is 6.29 Å². The summed E-state index contributed by atoms with van der Waals surface area (Å²) in [5, 5.41) is 10.6. The fraction of sp³-hybridized carbons (Fsp3) is 0.370. The first-order valence-electron chi connectivity index (χ1n) is 12.2. The van der Waals surface area contributed by atoms with E-state index >= 15 is 0 Å². The molecule has 1 atom stereocenters. The summed E-state index contributed by atoms with van der Waals surface area (Å²) in [6.45, 7) is 5.59. The lowest BCUT2D eigenvalue weighted by molar-refractivity contribution is 0.185. The highest BCUT2D eigenvalue weighted by Gasteiger charge is 2.23. The van der Waals surface area contributed by atoms with Crippen LogP contribution in [0.4, 0.5) is 24.2 Å². The van der Waals surface area contributed by atoms with E-state index in [9.17, 15) is 13.6 Å². The molecule has 3 aromatic rings. The Morgan fingerprint density at radius 1 is 1.11 bits per heavy atom. The minimum Gasteiger partial charge on any atom is -0.476 e. The standard InChI is InChI=1S/C26H33N5O3.CF2O/c1-19-24(28-26(32)27-15-20-8-7-9-21(14-20)17-33-3)31(23-10-5-4-6-11-23)29-25(19)34-18-22-12-13-30(2)16-22;2-1(3)4/h4-11,14,22H,12-13,15-18H2,1-3H3,(H2,27,28,32);. The van der Waals surface area contributed by atoms with Gasteiger partial charge in [0.2, 0.25) is 5.88 Å². The molecule has 2 amide bonds. The van der Waals surface area contributed by atoms with E-state index in [1.54, 1.807) is 11.8 Å². The van der Waals surface area contributed by atoms with Crippen molar-refractivity contribution in [2.45, 2.75) is 26.5 Å². The van der Waals surface area contributed by atoms with Gasteiger partial charge in [-0.3, -0.25) is 5.32 Å². The second kappa shape index (κ2) is 14.2. The molecule has 9 nitrogen and oxygen atoms in total. The summed E-state index contributed by atoms with van der Waals surface area (Å²) in [4.78, 5) is 23.2. The summed E-state index contributed by atoms with van der Waals surface area (Å²) >= 11 is 0. The third-order valence-electron chi connectivity index (χ3n) is 6.01. The summed E-state index contributed by atoms with van der Waals surface area (Å²) in [6, 6.07) is 17.4. The van der Waals surface area contributed by atoms with Crippen LogP contribution in [0.2, 0.25) is 0 Å². The normalized spacial score (nSPS) is 14.9. The van der Waals surface area contributed by atoms with Crippen molar-refractivity contribution >= 4 is 18.1 Å². The maximum absolute atomic E-state index is 12.8. The Morgan fingerprint density at radius 2 is 1.82 bits per heavy atom. The number of ether oxygens (including phenoxy) is 2. The van der Waals surface area contributed by atoms with Crippen molar-refractivity contribution in [1.29, 1.82) is 0 Å². The monoisotopic (exact) mass is 529 g/mol. The number of benzene rings is 2. The van der Waals surface area contributed by atoms with Gasteiger partial charge >= 0.3 is 12.3 Å². The Balaban J connectivity index is 0.000000934. The molecule has 1 saturated heterocycles. The van der Waals surface area contributed by atoms with Gasteiger partial charge in [0.25, 0.3) is 0 Å². The number of halogens is 2. The molecule has 1 unspecified atom stereocenters. The Kier molecular flexibility index (Phi) is 10.7. The maximum Gasteiger partial charge on any atom is 0.483 e. The van der Waals surface area contributed by atoms with E-state index in [0.29, 0.717) is 37.4 Å². The number of nitrogens with zero attached hydrogens (tertiary/aromatic N) is 3. The summed E-state index contributed by atoms with van der Waals surface area (Å²) in [7, 11) is 3.80. The molecule has 1 fully saturated rings. The van der Waals surface area contributed by atoms with E-state index in [1.807, 2.05) is 61.5 Å². The Bertz CT molecular complexity index is 1200. The van der Waals surface area contributed by atoms with Crippen molar-refractivity contribution < 1.29 is 27.8 Å². The molecule has 0 spiro atoms. The maximum atomic E-state index is 12.8. The quantitative estimate of drug-likeness (QED) is 0.378. The van der Waals surface area contributed by atoms with E-state index in [0.717, 1.165) is 41.9 Å². The van der Waals surface area contributed by atoms with Gasteiger partial charge in [0, 0.05) is 26.1 Å². The number of para-hydroxylation sites is 1. The topological polar surface area (TPSA) is 97.7 Å². The Morgan fingerprint density at radius 3 is 2.47 bits per heavy atom. The average molecular weight is 530 g/mol. The molecule has 2 aromatic carbocycles. The molecule has 1 aliphatic heterocycles. The van der Waals surface area contributed by atoms with Gasteiger partial charge in [-0.25, -0.2) is 14.3 Å². The van der Waals surface area contributed by atoms with Gasteiger partial charge in [0.1, 0.15) is 5.82 Å². The first-order valence-corrected chi connectivity index (χ1v) is 12.2. The third kappa shape index (κ3) is 8.63. The van der Waals surface area contributed by atoms with Gasteiger partial charge < -0.3 is 19.7 Å². The van der Waals surface area contributed by atoms with Crippen LogP contribution in [0.15, 0.2) is 54.6 Å². The molecule has 1 aliphatic rings. The Hall–Kier alpha value is -3.83.